The summed E-state index contributed by atoms with van der Waals surface area (Å²) in [4.78, 5) is 13.0. The highest BCUT2D eigenvalue weighted by atomic mass is 16.5. The Labute approximate surface area is 145 Å². The summed E-state index contributed by atoms with van der Waals surface area (Å²) in [5, 5.41) is 14.8. The molecule has 4 rings (SSSR count). The predicted molar refractivity (Wildman–Crippen MR) is 88.7 cm³/mol. The topological polar surface area (TPSA) is 95.1 Å². The van der Waals surface area contributed by atoms with Gasteiger partial charge in [0, 0.05) is 5.70 Å². The van der Waals surface area contributed by atoms with E-state index in [1.165, 1.54) is 6.42 Å². The minimum atomic E-state index is -0.531. The molecule has 2 aromatic heterocycles. The van der Waals surface area contributed by atoms with Gasteiger partial charge in [0.05, 0.1) is 5.57 Å². The average molecular weight is 343 g/mol. The second-order valence-electron chi connectivity index (χ2n) is 6.63. The van der Waals surface area contributed by atoms with Crippen LogP contribution in [0.4, 0.5) is 5.95 Å². The molecule has 8 heteroatoms. The fourth-order valence-electron chi connectivity index (χ4n) is 3.54. The zero-order valence-electron chi connectivity index (χ0n) is 14.4. The van der Waals surface area contributed by atoms with Crippen LogP contribution in [0.3, 0.4) is 0 Å². The van der Waals surface area contributed by atoms with Crippen LogP contribution in [-0.2, 0) is 9.53 Å². The van der Waals surface area contributed by atoms with Crippen LogP contribution >= 0.6 is 0 Å². The van der Waals surface area contributed by atoms with Crippen LogP contribution in [0.2, 0.25) is 0 Å². The van der Waals surface area contributed by atoms with Gasteiger partial charge in [0.1, 0.15) is 23.7 Å². The number of hydrogen-bond acceptors (Lipinski definition) is 7. The van der Waals surface area contributed by atoms with Crippen LogP contribution in [0.15, 0.2) is 27.8 Å². The number of esters is 1. The SMILES string of the molecule is CC1=C(C(=O)OC2CCCCC2)C(c2ccc(C)o2)n2nnnc2N1. The Hall–Kier alpha value is -2.64. The monoisotopic (exact) mass is 343 g/mol. The van der Waals surface area contributed by atoms with E-state index in [4.69, 9.17) is 9.15 Å². The Balaban J connectivity index is 1.68. The van der Waals surface area contributed by atoms with Crippen molar-refractivity contribution >= 4 is 11.9 Å². The fraction of sp³-hybridized carbons (Fsp3) is 0.529. The highest BCUT2D eigenvalue weighted by Crippen LogP contribution is 2.36. The molecule has 132 valence electrons. The van der Waals surface area contributed by atoms with Crippen molar-refractivity contribution in [3.63, 3.8) is 0 Å². The van der Waals surface area contributed by atoms with Gasteiger partial charge in [-0.3, -0.25) is 0 Å². The van der Waals surface area contributed by atoms with E-state index < -0.39 is 6.04 Å². The summed E-state index contributed by atoms with van der Waals surface area (Å²) < 4.78 is 13.1. The van der Waals surface area contributed by atoms with E-state index in [9.17, 15) is 4.79 Å². The van der Waals surface area contributed by atoms with E-state index >= 15 is 0 Å². The number of anilines is 1. The lowest BCUT2D eigenvalue weighted by molar-refractivity contribution is -0.146. The van der Waals surface area contributed by atoms with Gasteiger partial charge in [-0.1, -0.05) is 11.5 Å². The first-order valence-corrected chi connectivity index (χ1v) is 8.66. The molecule has 1 N–H and O–H groups in total. The van der Waals surface area contributed by atoms with Crippen molar-refractivity contribution in [3.05, 3.63) is 34.9 Å². The Morgan fingerprint density at radius 1 is 1.28 bits per heavy atom. The van der Waals surface area contributed by atoms with E-state index in [2.05, 4.69) is 20.8 Å². The van der Waals surface area contributed by atoms with Gasteiger partial charge in [0.25, 0.3) is 0 Å². The Morgan fingerprint density at radius 2 is 2.08 bits per heavy atom. The number of fused-ring (bicyclic) bond motifs is 1. The standard InChI is InChI=1S/C17H21N5O3/c1-10-8-9-13(24-10)15-14(11(2)18-17-19-20-21-22(15)17)16(23)25-12-6-4-3-5-7-12/h8-9,12,15H,3-7H2,1-2H3,(H,18,19,21). The van der Waals surface area contributed by atoms with E-state index in [0.717, 1.165) is 31.4 Å². The highest BCUT2D eigenvalue weighted by molar-refractivity contribution is 5.92. The second-order valence-corrected chi connectivity index (χ2v) is 6.63. The summed E-state index contributed by atoms with van der Waals surface area (Å²) in [6, 6.07) is 3.18. The van der Waals surface area contributed by atoms with Crippen LogP contribution in [-0.4, -0.2) is 32.3 Å². The van der Waals surface area contributed by atoms with Gasteiger partial charge < -0.3 is 14.5 Å². The van der Waals surface area contributed by atoms with Crippen molar-refractivity contribution in [1.29, 1.82) is 0 Å². The largest absolute Gasteiger partial charge is 0.464 e. The third-order valence-corrected chi connectivity index (χ3v) is 4.79. The molecule has 2 aliphatic rings. The summed E-state index contributed by atoms with van der Waals surface area (Å²) in [7, 11) is 0. The molecule has 1 fully saturated rings. The summed E-state index contributed by atoms with van der Waals surface area (Å²) in [6.07, 6.45) is 5.24. The fourth-order valence-corrected chi connectivity index (χ4v) is 3.54. The molecule has 1 aliphatic carbocycles. The second kappa shape index (κ2) is 6.34. The maximum absolute atomic E-state index is 13.0. The molecule has 0 saturated heterocycles. The van der Waals surface area contributed by atoms with Crippen LogP contribution in [0.5, 0.6) is 0 Å². The highest BCUT2D eigenvalue weighted by Gasteiger charge is 2.37. The number of rotatable bonds is 3. The van der Waals surface area contributed by atoms with Gasteiger partial charge in [-0.05, 0) is 62.1 Å². The molecule has 2 aromatic rings. The zero-order valence-corrected chi connectivity index (χ0v) is 14.4. The van der Waals surface area contributed by atoms with Gasteiger partial charge >= 0.3 is 5.97 Å². The Bertz CT molecular complexity index is 816. The number of tetrazole rings is 1. The molecule has 0 radical (unpaired) electrons. The summed E-state index contributed by atoms with van der Waals surface area (Å²) in [5.41, 5.74) is 1.17. The van der Waals surface area contributed by atoms with Gasteiger partial charge in [-0.2, -0.15) is 4.68 Å². The van der Waals surface area contributed by atoms with Crippen LogP contribution < -0.4 is 5.32 Å². The molecule has 1 aliphatic heterocycles. The first-order chi connectivity index (χ1) is 12.1. The number of aromatic nitrogens is 4. The van der Waals surface area contributed by atoms with Gasteiger partial charge in [0.2, 0.25) is 5.95 Å². The first kappa shape index (κ1) is 15.9. The number of hydrogen-bond donors (Lipinski definition) is 1. The number of ether oxygens (including phenoxy) is 1. The Morgan fingerprint density at radius 3 is 2.80 bits per heavy atom. The zero-order chi connectivity index (χ0) is 17.4. The van der Waals surface area contributed by atoms with Gasteiger partial charge in [-0.25, -0.2) is 4.79 Å². The molecule has 25 heavy (non-hydrogen) atoms. The van der Waals surface area contributed by atoms with E-state index in [1.54, 1.807) is 4.68 Å². The number of allylic oxidation sites excluding steroid dienone is 1. The van der Waals surface area contributed by atoms with Crippen LogP contribution in [0, 0.1) is 6.92 Å². The van der Waals surface area contributed by atoms with E-state index in [0.29, 0.717) is 23.0 Å². The predicted octanol–water partition coefficient (Wildman–Crippen LogP) is 2.74. The lowest BCUT2D eigenvalue weighted by Crippen LogP contribution is -2.31. The average Bonchev–Trinajstić information content (AvgIpc) is 3.23. The van der Waals surface area contributed by atoms with Crippen molar-refractivity contribution in [2.24, 2.45) is 0 Å². The molecule has 0 bridgehead atoms. The molecule has 1 atom stereocenters. The lowest BCUT2D eigenvalue weighted by atomic mass is 9.97. The summed E-state index contributed by atoms with van der Waals surface area (Å²) in [5.74, 6) is 1.52. The minimum Gasteiger partial charge on any atom is -0.464 e. The van der Waals surface area contributed by atoms with Crippen molar-refractivity contribution in [3.8, 4) is 0 Å². The number of carbonyl (C=O) groups is 1. The van der Waals surface area contributed by atoms with Crippen molar-refractivity contribution in [2.75, 3.05) is 5.32 Å². The quantitative estimate of drug-likeness (QED) is 0.856. The van der Waals surface area contributed by atoms with Gasteiger partial charge in [-0.15, -0.1) is 0 Å². The molecule has 1 saturated carbocycles. The molecule has 0 amide bonds. The number of furan rings is 1. The molecule has 1 unspecified atom stereocenters. The smallest absolute Gasteiger partial charge is 0.338 e. The number of carbonyl (C=O) groups excluding carboxylic acids is 1. The van der Waals surface area contributed by atoms with E-state index in [-0.39, 0.29) is 12.1 Å². The van der Waals surface area contributed by atoms with Gasteiger partial charge in [0.15, 0.2) is 0 Å². The van der Waals surface area contributed by atoms with Crippen molar-refractivity contribution in [2.45, 2.75) is 58.1 Å². The third kappa shape index (κ3) is 2.92. The molecule has 3 heterocycles. The number of nitrogens with zero attached hydrogens (tertiary/aromatic N) is 4. The molecular formula is C17H21N5O3. The lowest BCUT2D eigenvalue weighted by Gasteiger charge is -2.28. The van der Waals surface area contributed by atoms with Crippen molar-refractivity contribution < 1.29 is 13.9 Å². The number of nitrogens with one attached hydrogen (secondary N) is 1. The third-order valence-electron chi connectivity index (χ3n) is 4.79. The number of aryl methyl sites for hydroxylation is 1. The molecular weight excluding hydrogens is 322 g/mol. The minimum absolute atomic E-state index is 0.0178. The molecule has 0 aromatic carbocycles. The maximum atomic E-state index is 13.0. The summed E-state index contributed by atoms with van der Waals surface area (Å²) >= 11 is 0. The van der Waals surface area contributed by atoms with E-state index in [1.807, 2.05) is 26.0 Å². The van der Waals surface area contributed by atoms with Crippen LogP contribution in [0.25, 0.3) is 0 Å². The first-order valence-electron chi connectivity index (χ1n) is 8.66. The molecule has 0 spiro atoms. The molecule has 8 nitrogen and oxygen atoms in total. The van der Waals surface area contributed by atoms with Crippen molar-refractivity contribution in [1.82, 2.24) is 20.2 Å². The maximum Gasteiger partial charge on any atom is 0.338 e. The normalized spacial score (nSPS) is 21.0. The van der Waals surface area contributed by atoms with Crippen LogP contribution in [0.1, 0.15) is 56.6 Å². The Kier molecular flexibility index (Phi) is 4.03. The summed E-state index contributed by atoms with van der Waals surface area (Å²) in [6.45, 7) is 3.69.